The molecule has 0 unspecified atom stereocenters. The summed E-state index contributed by atoms with van der Waals surface area (Å²) in [7, 11) is 0. The number of rotatable bonds is 5. The van der Waals surface area contributed by atoms with Gasteiger partial charge in [-0.2, -0.15) is 5.10 Å². The Morgan fingerprint density at radius 2 is 2.00 bits per heavy atom. The highest BCUT2D eigenvalue weighted by atomic mass is 79.9. The fourth-order valence-corrected chi connectivity index (χ4v) is 4.37. The monoisotopic (exact) mass is 489 g/mol. The molecule has 2 heterocycles. The van der Waals surface area contributed by atoms with Crippen molar-refractivity contribution in [3.8, 4) is 0 Å². The van der Waals surface area contributed by atoms with Crippen LogP contribution in [0, 0.1) is 18.6 Å². The van der Waals surface area contributed by atoms with Crippen LogP contribution in [0.4, 0.5) is 8.78 Å². The van der Waals surface area contributed by atoms with Crippen LogP contribution < -0.4 is 5.56 Å². The lowest BCUT2D eigenvalue weighted by Gasteiger charge is -2.35. The van der Waals surface area contributed by atoms with Crippen molar-refractivity contribution in [2.24, 2.45) is 0 Å². The molecule has 0 saturated heterocycles. The van der Waals surface area contributed by atoms with E-state index in [2.05, 4.69) is 31.0 Å². The van der Waals surface area contributed by atoms with Crippen molar-refractivity contribution in [3.63, 3.8) is 0 Å². The fraction of sp³-hybridized carbons (Fsp3) is 0.238. The Morgan fingerprint density at radius 1 is 1.23 bits per heavy atom. The van der Waals surface area contributed by atoms with Gasteiger partial charge in [0, 0.05) is 16.1 Å². The van der Waals surface area contributed by atoms with Gasteiger partial charge in [-0.25, -0.2) is 23.4 Å². The molecule has 0 spiro atoms. The number of halogens is 3. The number of aromatic nitrogens is 5. The van der Waals surface area contributed by atoms with Crippen LogP contribution >= 0.6 is 15.9 Å². The van der Waals surface area contributed by atoms with Crippen molar-refractivity contribution in [2.75, 3.05) is 0 Å². The van der Waals surface area contributed by atoms with Crippen molar-refractivity contribution < 1.29 is 13.9 Å². The molecule has 0 amide bonds. The molecule has 2 atom stereocenters. The number of aliphatic hydroxyl groups is 1. The molecule has 2 aromatic carbocycles. The first kappa shape index (κ1) is 21.3. The SMILES string of the molecule is Cc1cc(Br)c2ncn([C@H](C)[C@](O)(Cn3cncn3)c3ccc(F)cc3F)c(=O)c2c1. The highest BCUT2D eigenvalue weighted by Crippen LogP contribution is 2.36. The summed E-state index contributed by atoms with van der Waals surface area (Å²) in [6.45, 7) is 3.19. The molecule has 160 valence electrons. The lowest BCUT2D eigenvalue weighted by atomic mass is 9.86. The van der Waals surface area contributed by atoms with E-state index >= 15 is 0 Å². The number of hydrogen-bond donors (Lipinski definition) is 1. The van der Waals surface area contributed by atoms with Gasteiger partial charge in [0.25, 0.3) is 5.56 Å². The summed E-state index contributed by atoms with van der Waals surface area (Å²) in [5, 5.41) is 16.0. The van der Waals surface area contributed by atoms with Gasteiger partial charge in [-0.15, -0.1) is 0 Å². The zero-order chi connectivity index (χ0) is 22.3. The average Bonchev–Trinajstić information content (AvgIpc) is 3.21. The standard InChI is InChI=1S/C21H18BrF2N5O2/c1-12-5-15-19(17(22)6-12)26-11-29(20(15)30)13(2)21(31,8-28-10-25-9-27-28)16-4-3-14(23)7-18(16)24/h3-7,9-11,13,31H,8H2,1-2H3/t13-,21-/m1/s1. The van der Waals surface area contributed by atoms with Gasteiger partial charge in [0.05, 0.1) is 29.8 Å². The number of hydrogen-bond acceptors (Lipinski definition) is 5. The molecule has 4 aromatic rings. The molecule has 0 radical (unpaired) electrons. The Hall–Kier alpha value is -2.98. The molecule has 0 aliphatic carbocycles. The lowest BCUT2D eigenvalue weighted by Crippen LogP contribution is -2.43. The highest BCUT2D eigenvalue weighted by molar-refractivity contribution is 9.10. The topological polar surface area (TPSA) is 85.8 Å². The third-order valence-corrected chi connectivity index (χ3v) is 5.96. The molecule has 10 heteroatoms. The Balaban J connectivity index is 1.91. The van der Waals surface area contributed by atoms with E-state index in [0.29, 0.717) is 21.4 Å². The van der Waals surface area contributed by atoms with Crippen LogP contribution in [0.5, 0.6) is 0 Å². The second kappa shape index (κ2) is 7.93. The predicted molar refractivity (Wildman–Crippen MR) is 113 cm³/mol. The van der Waals surface area contributed by atoms with Crippen molar-refractivity contribution in [1.29, 1.82) is 0 Å². The lowest BCUT2D eigenvalue weighted by molar-refractivity contribution is -0.0343. The van der Waals surface area contributed by atoms with Gasteiger partial charge in [-0.1, -0.05) is 6.07 Å². The minimum atomic E-state index is -1.97. The van der Waals surface area contributed by atoms with Gasteiger partial charge in [0.1, 0.15) is 29.9 Å². The second-order valence-electron chi connectivity index (χ2n) is 7.42. The van der Waals surface area contributed by atoms with Crippen LogP contribution in [0.25, 0.3) is 10.9 Å². The van der Waals surface area contributed by atoms with E-state index < -0.39 is 28.8 Å². The highest BCUT2D eigenvalue weighted by Gasteiger charge is 2.41. The fourth-order valence-electron chi connectivity index (χ4n) is 3.69. The minimum absolute atomic E-state index is 0.172. The summed E-state index contributed by atoms with van der Waals surface area (Å²) in [5.74, 6) is -1.71. The summed E-state index contributed by atoms with van der Waals surface area (Å²) in [6, 6.07) is 5.47. The van der Waals surface area contributed by atoms with Gasteiger partial charge in [-0.05, 0) is 53.5 Å². The largest absolute Gasteiger partial charge is 0.381 e. The van der Waals surface area contributed by atoms with E-state index in [1.54, 1.807) is 13.0 Å². The maximum Gasteiger partial charge on any atom is 0.261 e. The summed E-state index contributed by atoms with van der Waals surface area (Å²) in [5.41, 5.74) is -1.21. The van der Waals surface area contributed by atoms with Gasteiger partial charge in [0.2, 0.25) is 0 Å². The number of benzene rings is 2. The molecule has 31 heavy (non-hydrogen) atoms. The van der Waals surface area contributed by atoms with Crippen molar-refractivity contribution in [2.45, 2.75) is 32.0 Å². The van der Waals surface area contributed by atoms with Gasteiger partial charge in [0.15, 0.2) is 0 Å². The van der Waals surface area contributed by atoms with Crippen molar-refractivity contribution in [1.82, 2.24) is 24.3 Å². The van der Waals surface area contributed by atoms with E-state index in [4.69, 9.17) is 0 Å². The first-order chi connectivity index (χ1) is 14.7. The van der Waals surface area contributed by atoms with Crippen molar-refractivity contribution in [3.05, 3.63) is 86.9 Å². The molecule has 7 nitrogen and oxygen atoms in total. The van der Waals surface area contributed by atoms with Crippen LogP contribution in [0.1, 0.15) is 24.1 Å². The summed E-state index contributed by atoms with van der Waals surface area (Å²) >= 11 is 3.41. The molecular weight excluding hydrogens is 472 g/mol. The average molecular weight is 490 g/mol. The molecule has 0 aliphatic heterocycles. The maximum absolute atomic E-state index is 14.8. The van der Waals surface area contributed by atoms with Crippen LogP contribution in [-0.2, 0) is 12.1 Å². The van der Waals surface area contributed by atoms with Gasteiger partial charge >= 0.3 is 0 Å². The first-order valence-electron chi connectivity index (χ1n) is 9.38. The molecule has 0 fully saturated rings. The third kappa shape index (κ3) is 3.77. The Morgan fingerprint density at radius 3 is 2.68 bits per heavy atom. The Bertz CT molecular complexity index is 1330. The van der Waals surface area contributed by atoms with Crippen LogP contribution in [0.15, 0.2) is 58.6 Å². The van der Waals surface area contributed by atoms with E-state index in [1.807, 2.05) is 13.0 Å². The van der Waals surface area contributed by atoms with Crippen LogP contribution in [0.3, 0.4) is 0 Å². The molecular formula is C21H18BrF2N5O2. The number of aryl methyl sites for hydroxylation is 1. The molecule has 1 N–H and O–H groups in total. The van der Waals surface area contributed by atoms with E-state index in [0.717, 1.165) is 11.6 Å². The number of nitrogens with zero attached hydrogens (tertiary/aromatic N) is 5. The van der Waals surface area contributed by atoms with E-state index in [9.17, 15) is 18.7 Å². The summed E-state index contributed by atoms with van der Waals surface area (Å²) < 4.78 is 31.5. The summed E-state index contributed by atoms with van der Waals surface area (Å²) in [6.07, 6.45) is 3.94. The first-order valence-corrected chi connectivity index (χ1v) is 10.2. The molecule has 0 aliphatic rings. The van der Waals surface area contributed by atoms with Crippen LogP contribution in [-0.4, -0.2) is 29.4 Å². The normalized spacial score (nSPS) is 14.5. The zero-order valence-corrected chi connectivity index (χ0v) is 18.2. The van der Waals surface area contributed by atoms with Crippen LogP contribution in [0.2, 0.25) is 0 Å². The smallest absolute Gasteiger partial charge is 0.261 e. The second-order valence-corrected chi connectivity index (χ2v) is 8.27. The zero-order valence-electron chi connectivity index (χ0n) is 16.6. The molecule has 4 rings (SSSR count). The van der Waals surface area contributed by atoms with Crippen molar-refractivity contribution >= 4 is 26.8 Å². The Labute approximate surface area is 184 Å². The van der Waals surface area contributed by atoms with Gasteiger partial charge < -0.3 is 5.11 Å². The molecule has 0 bridgehead atoms. The number of fused-ring (bicyclic) bond motifs is 1. The van der Waals surface area contributed by atoms with Gasteiger partial charge in [-0.3, -0.25) is 9.36 Å². The Kier molecular flexibility index (Phi) is 5.44. The van der Waals surface area contributed by atoms with E-state index in [1.165, 1.54) is 34.3 Å². The minimum Gasteiger partial charge on any atom is -0.381 e. The molecule has 2 aromatic heterocycles. The predicted octanol–water partition coefficient (Wildman–Crippen LogP) is 3.49. The third-order valence-electron chi connectivity index (χ3n) is 5.36. The maximum atomic E-state index is 14.8. The summed E-state index contributed by atoms with van der Waals surface area (Å²) in [4.78, 5) is 21.5. The van der Waals surface area contributed by atoms with E-state index in [-0.39, 0.29) is 12.1 Å². The molecule has 0 saturated carbocycles. The quantitative estimate of drug-likeness (QED) is 0.463.